The van der Waals surface area contributed by atoms with Crippen LogP contribution in [0, 0.1) is 0 Å². The zero-order valence-electron chi connectivity index (χ0n) is 22.6. The van der Waals surface area contributed by atoms with E-state index in [1.165, 1.54) is 34.2 Å². The third kappa shape index (κ3) is 6.47. The molecule has 0 fully saturated rings. The maximum atomic E-state index is 2.48. The highest BCUT2D eigenvalue weighted by molar-refractivity contribution is 5.44. The van der Waals surface area contributed by atoms with E-state index in [0.717, 1.165) is 12.8 Å². The molecule has 2 rings (SSSR count). The zero-order valence-corrected chi connectivity index (χ0v) is 22.6. The SMILES string of the molecule is CC(C)(C)c1ccc(C(C)(C)C)c(CCCc2cccc(C(C)(C)C)c2C(C)(C)C)c1. The Morgan fingerprint density at radius 2 is 1.06 bits per heavy atom. The Kier molecular flexibility index (Phi) is 7.26. The fourth-order valence-corrected chi connectivity index (χ4v) is 4.79. The van der Waals surface area contributed by atoms with Crippen molar-refractivity contribution in [3.05, 3.63) is 69.8 Å². The lowest BCUT2D eigenvalue weighted by atomic mass is 9.72. The van der Waals surface area contributed by atoms with Gasteiger partial charge in [0.2, 0.25) is 0 Å². The van der Waals surface area contributed by atoms with E-state index in [9.17, 15) is 0 Å². The second-order valence-corrected chi connectivity index (χ2v) is 13.6. The monoisotopic (exact) mass is 420 g/mol. The molecule has 2 aromatic carbocycles. The van der Waals surface area contributed by atoms with Gasteiger partial charge in [-0.1, -0.05) is 119 Å². The molecule has 2 aromatic rings. The van der Waals surface area contributed by atoms with E-state index < -0.39 is 0 Å². The van der Waals surface area contributed by atoms with Gasteiger partial charge in [0, 0.05) is 0 Å². The van der Waals surface area contributed by atoms with Crippen molar-refractivity contribution < 1.29 is 0 Å². The minimum absolute atomic E-state index is 0.155. The first-order chi connectivity index (χ1) is 13.9. The van der Waals surface area contributed by atoms with Crippen LogP contribution in [0.25, 0.3) is 0 Å². The van der Waals surface area contributed by atoms with Crippen molar-refractivity contribution in [2.45, 2.75) is 124 Å². The van der Waals surface area contributed by atoms with Crippen LogP contribution < -0.4 is 0 Å². The van der Waals surface area contributed by atoms with Gasteiger partial charge < -0.3 is 0 Å². The van der Waals surface area contributed by atoms with Crippen LogP contribution in [0.2, 0.25) is 0 Å². The van der Waals surface area contributed by atoms with Gasteiger partial charge in [-0.2, -0.15) is 0 Å². The summed E-state index contributed by atoms with van der Waals surface area (Å²) < 4.78 is 0. The van der Waals surface area contributed by atoms with Crippen LogP contribution >= 0.6 is 0 Å². The van der Waals surface area contributed by atoms with E-state index in [1.807, 2.05) is 0 Å². The number of benzene rings is 2. The first kappa shape index (κ1) is 25.7. The van der Waals surface area contributed by atoms with E-state index in [0.29, 0.717) is 0 Å². The van der Waals surface area contributed by atoms with Crippen LogP contribution in [0.4, 0.5) is 0 Å². The summed E-state index contributed by atoms with van der Waals surface area (Å²) in [5, 5.41) is 0. The Morgan fingerprint density at radius 3 is 1.55 bits per heavy atom. The molecular formula is C31H48. The van der Waals surface area contributed by atoms with Crippen molar-refractivity contribution >= 4 is 0 Å². The van der Waals surface area contributed by atoms with Crippen LogP contribution in [-0.2, 0) is 34.5 Å². The van der Waals surface area contributed by atoms with E-state index in [1.54, 1.807) is 5.56 Å². The van der Waals surface area contributed by atoms with Crippen LogP contribution in [0.3, 0.4) is 0 Å². The van der Waals surface area contributed by atoms with E-state index >= 15 is 0 Å². The topological polar surface area (TPSA) is 0 Å². The summed E-state index contributed by atoms with van der Waals surface area (Å²) in [4.78, 5) is 0. The lowest BCUT2D eigenvalue weighted by molar-refractivity contribution is 0.523. The number of rotatable bonds is 4. The van der Waals surface area contributed by atoms with Gasteiger partial charge in [0.1, 0.15) is 0 Å². The first-order valence-electron chi connectivity index (χ1n) is 12.2. The van der Waals surface area contributed by atoms with Gasteiger partial charge in [0.05, 0.1) is 0 Å². The molecule has 0 aliphatic heterocycles. The fourth-order valence-electron chi connectivity index (χ4n) is 4.79. The van der Waals surface area contributed by atoms with Crippen molar-refractivity contribution in [3.8, 4) is 0 Å². The summed E-state index contributed by atoms with van der Waals surface area (Å²) in [6, 6.07) is 14.2. The molecule has 0 radical (unpaired) electrons. The molecule has 0 unspecified atom stereocenters. The molecular weight excluding hydrogens is 372 g/mol. The fraction of sp³-hybridized carbons (Fsp3) is 0.613. The number of hydrogen-bond donors (Lipinski definition) is 0. The summed E-state index contributed by atoms with van der Waals surface area (Å²) >= 11 is 0. The lowest BCUT2D eigenvalue weighted by Gasteiger charge is -2.32. The number of aryl methyl sites for hydroxylation is 2. The third-order valence-corrected chi connectivity index (χ3v) is 6.38. The van der Waals surface area contributed by atoms with Crippen LogP contribution in [0.5, 0.6) is 0 Å². The average Bonchev–Trinajstić information content (AvgIpc) is 2.58. The lowest BCUT2D eigenvalue weighted by Crippen LogP contribution is -2.24. The molecule has 0 aromatic heterocycles. The summed E-state index contributed by atoms with van der Waals surface area (Å²) in [5.41, 5.74) is 9.75. The van der Waals surface area contributed by atoms with Gasteiger partial charge in [-0.3, -0.25) is 0 Å². The predicted molar refractivity (Wildman–Crippen MR) is 140 cm³/mol. The Morgan fingerprint density at radius 1 is 0.516 bits per heavy atom. The molecule has 0 N–H and O–H groups in total. The molecule has 0 saturated heterocycles. The van der Waals surface area contributed by atoms with Gasteiger partial charge in [-0.25, -0.2) is 0 Å². The molecule has 31 heavy (non-hydrogen) atoms. The van der Waals surface area contributed by atoms with Gasteiger partial charge in [-0.05, 0) is 74.3 Å². The Balaban J connectivity index is 2.38. The summed E-state index contributed by atoms with van der Waals surface area (Å²) in [7, 11) is 0. The molecule has 0 nitrogen and oxygen atoms in total. The Hall–Kier alpha value is -1.56. The minimum atomic E-state index is 0.155. The maximum absolute atomic E-state index is 2.48. The molecule has 0 spiro atoms. The molecule has 0 bridgehead atoms. The van der Waals surface area contributed by atoms with Crippen molar-refractivity contribution in [1.82, 2.24) is 0 Å². The van der Waals surface area contributed by atoms with Gasteiger partial charge in [0.25, 0.3) is 0 Å². The molecule has 0 aliphatic rings. The molecule has 0 heterocycles. The largest absolute Gasteiger partial charge is 0.0617 e. The maximum Gasteiger partial charge on any atom is -0.0126 e. The molecule has 0 aliphatic carbocycles. The van der Waals surface area contributed by atoms with Gasteiger partial charge in [-0.15, -0.1) is 0 Å². The predicted octanol–water partition coefficient (Wildman–Crippen LogP) is 9.05. The minimum Gasteiger partial charge on any atom is -0.0617 e. The molecule has 0 saturated carbocycles. The standard InChI is InChI=1S/C31H48/c1-28(2,3)24-19-20-25(29(4,5)6)23(21-24)17-13-15-22-16-14-18-26(30(7,8)9)27(22)31(10,11)12/h14,16,18-21H,13,15,17H2,1-12H3. The normalized spacial score (nSPS) is 13.5. The van der Waals surface area contributed by atoms with Crippen molar-refractivity contribution in [1.29, 1.82) is 0 Å². The first-order valence-corrected chi connectivity index (χ1v) is 12.2. The third-order valence-electron chi connectivity index (χ3n) is 6.38. The van der Waals surface area contributed by atoms with Crippen molar-refractivity contribution in [2.75, 3.05) is 0 Å². The quantitative estimate of drug-likeness (QED) is 0.462. The second-order valence-electron chi connectivity index (χ2n) is 13.6. The van der Waals surface area contributed by atoms with E-state index in [4.69, 9.17) is 0 Å². The summed E-state index contributed by atoms with van der Waals surface area (Å²) in [6.07, 6.45) is 3.47. The highest BCUT2D eigenvalue weighted by Crippen LogP contribution is 2.37. The van der Waals surface area contributed by atoms with Crippen LogP contribution in [0.1, 0.15) is 123 Å². The molecule has 172 valence electrons. The summed E-state index contributed by atoms with van der Waals surface area (Å²) in [5.74, 6) is 0. The summed E-state index contributed by atoms with van der Waals surface area (Å²) in [6.45, 7) is 28.1. The second kappa shape index (κ2) is 8.76. The smallest absolute Gasteiger partial charge is 0.0126 e. The number of hydrogen-bond acceptors (Lipinski definition) is 0. The average molecular weight is 421 g/mol. The van der Waals surface area contributed by atoms with Crippen molar-refractivity contribution in [2.24, 2.45) is 0 Å². The molecule has 0 heteroatoms. The molecule has 0 atom stereocenters. The van der Waals surface area contributed by atoms with Crippen LogP contribution in [0.15, 0.2) is 36.4 Å². The van der Waals surface area contributed by atoms with Gasteiger partial charge in [0.15, 0.2) is 0 Å². The highest BCUT2D eigenvalue weighted by Gasteiger charge is 2.27. The molecule has 0 amide bonds. The van der Waals surface area contributed by atoms with E-state index in [-0.39, 0.29) is 21.7 Å². The van der Waals surface area contributed by atoms with E-state index in [2.05, 4.69) is 119 Å². The highest BCUT2D eigenvalue weighted by atomic mass is 14.3. The van der Waals surface area contributed by atoms with Crippen LogP contribution in [-0.4, -0.2) is 0 Å². The Labute approximate surface area is 193 Å². The van der Waals surface area contributed by atoms with Crippen molar-refractivity contribution in [3.63, 3.8) is 0 Å². The Bertz CT molecular complexity index is 882. The van der Waals surface area contributed by atoms with Gasteiger partial charge >= 0.3 is 0 Å². The zero-order chi connectivity index (χ0) is 23.8.